The fourth-order valence-electron chi connectivity index (χ4n) is 3.20. The molecule has 0 atom stereocenters. The van der Waals surface area contributed by atoms with Gasteiger partial charge < -0.3 is 10.1 Å². The van der Waals surface area contributed by atoms with Crippen LogP contribution in [0.15, 0.2) is 42.1 Å². The van der Waals surface area contributed by atoms with Crippen LogP contribution in [0.2, 0.25) is 5.02 Å². The lowest BCUT2D eigenvalue weighted by Crippen LogP contribution is -2.33. The number of aryl methyl sites for hydroxylation is 2. The highest BCUT2D eigenvalue weighted by Gasteiger charge is 2.39. The number of nitrogens with one attached hydrogen (secondary N) is 1. The minimum Gasteiger partial charge on any atom is -0.495 e. The molecule has 0 fully saturated rings. The maximum atomic E-state index is 13.1. The van der Waals surface area contributed by atoms with Crippen LogP contribution in [-0.2, 0) is 9.59 Å². The maximum absolute atomic E-state index is 13.1. The Morgan fingerprint density at radius 1 is 1.04 bits per heavy atom. The minimum atomic E-state index is -0.345. The van der Waals surface area contributed by atoms with Crippen LogP contribution in [0.1, 0.15) is 30.0 Å². The van der Waals surface area contributed by atoms with Gasteiger partial charge in [-0.1, -0.05) is 36.7 Å². The predicted molar refractivity (Wildman–Crippen MR) is 111 cm³/mol. The highest BCUT2D eigenvalue weighted by atomic mass is 35.5. The standard InChI is InChI=1S/C22H23ClN2O3/c1-5-10-25-21(26)19(15-7-6-13(2)14(3)11-15)20(22(25)27)24-17-12-16(23)8-9-18(17)28-4/h6-9,11-12,24H,5,10H2,1-4H3. The monoisotopic (exact) mass is 398 g/mol. The van der Waals surface area contributed by atoms with Crippen LogP contribution in [0.3, 0.4) is 0 Å². The molecule has 5 nitrogen and oxygen atoms in total. The number of imide groups is 1. The van der Waals surface area contributed by atoms with E-state index in [1.807, 2.05) is 39.0 Å². The predicted octanol–water partition coefficient (Wildman–Crippen LogP) is 4.57. The second-order valence-corrected chi connectivity index (χ2v) is 7.22. The van der Waals surface area contributed by atoms with Gasteiger partial charge in [-0.15, -0.1) is 0 Å². The summed E-state index contributed by atoms with van der Waals surface area (Å²) < 4.78 is 5.37. The van der Waals surface area contributed by atoms with Crippen molar-refractivity contribution in [2.75, 3.05) is 19.0 Å². The summed E-state index contributed by atoms with van der Waals surface area (Å²) in [6.07, 6.45) is 0.686. The molecule has 3 rings (SSSR count). The first-order valence-electron chi connectivity index (χ1n) is 9.16. The molecule has 0 spiro atoms. The molecular formula is C22H23ClN2O3. The number of hydrogen-bond acceptors (Lipinski definition) is 4. The Morgan fingerprint density at radius 2 is 1.79 bits per heavy atom. The number of nitrogens with zero attached hydrogens (tertiary/aromatic N) is 1. The van der Waals surface area contributed by atoms with E-state index in [1.54, 1.807) is 18.2 Å². The van der Waals surface area contributed by atoms with E-state index in [-0.39, 0.29) is 17.5 Å². The summed E-state index contributed by atoms with van der Waals surface area (Å²) in [6.45, 7) is 6.29. The van der Waals surface area contributed by atoms with Crippen LogP contribution < -0.4 is 10.1 Å². The van der Waals surface area contributed by atoms with Crippen molar-refractivity contribution >= 4 is 34.7 Å². The second-order valence-electron chi connectivity index (χ2n) is 6.78. The van der Waals surface area contributed by atoms with Crippen LogP contribution in [0.5, 0.6) is 5.75 Å². The van der Waals surface area contributed by atoms with Gasteiger partial charge in [0, 0.05) is 11.6 Å². The topological polar surface area (TPSA) is 58.6 Å². The molecule has 0 aliphatic carbocycles. The van der Waals surface area contributed by atoms with E-state index in [1.165, 1.54) is 12.0 Å². The molecule has 0 saturated carbocycles. The van der Waals surface area contributed by atoms with Crippen molar-refractivity contribution < 1.29 is 14.3 Å². The zero-order valence-electron chi connectivity index (χ0n) is 16.4. The Labute approximate surface area is 169 Å². The number of anilines is 1. The molecule has 0 aromatic heterocycles. The van der Waals surface area contributed by atoms with E-state index in [9.17, 15) is 9.59 Å². The summed E-state index contributed by atoms with van der Waals surface area (Å²) >= 11 is 6.12. The van der Waals surface area contributed by atoms with E-state index >= 15 is 0 Å². The number of carbonyl (C=O) groups is 2. The molecule has 2 amide bonds. The second kappa shape index (κ2) is 8.07. The molecule has 2 aromatic rings. The molecule has 1 N–H and O–H groups in total. The van der Waals surface area contributed by atoms with Gasteiger partial charge in [-0.3, -0.25) is 14.5 Å². The van der Waals surface area contributed by atoms with E-state index in [4.69, 9.17) is 16.3 Å². The lowest BCUT2D eigenvalue weighted by Gasteiger charge is -2.15. The molecule has 1 heterocycles. The van der Waals surface area contributed by atoms with E-state index in [0.29, 0.717) is 40.6 Å². The van der Waals surface area contributed by atoms with Crippen LogP contribution in [-0.4, -0.2) is 30.4 Å². The van der Waals surface area contributed by atoms with Crippen LogP contribution >= 0.6 is 11.6 Å². The molecule has 0 saturated heterocycles. The quantitative estimate of drug-likeness (QED) is 0.724. The lowest BCUT2D eigenvalue weighted by atomic mass is 9.99. The summed E-state index contributed by atoms with van der Waals surface area (Å²) in [5.41, 5.74) is 4.02. The number of halogens is 1. The Morgan fingerprint density at radius 3 is 2.43 bits per heavy atom. The summed E-state index contributed by atoms with van der Waals surface area (Å²) in [7, 11) is 1.54. The summed E-state index contributed by atoms with van der Waals surface area (Å²) in [5, 5.41) is 3.61. The van der Waals surface area contributed by atoms with Crippen molar-refractivity contribution in [3.63, 3.8) is 0 Å². The molecule has 0 radical (unpaired) electrons. The Hall–Kier alpha value is -2.79. The van der Waals surface area contributed by atoms with Gasteiger partial charge in [0.15, 0.2) is 0 Å². The minimum absolute atomic E-state index is 0.238. The van der Waals surface area contributed by atoms with Gasteiger partial charge in [0.25, 0.3) is 11.8 Å². The van der Waals surface area contributed by atoms with E-state index in [0.717, 1.165) is 11.1 Å². The third-order valence-electron chi connectivity index (χ3n) is 4.83. The van der Waals surface area contributed by atoms with Crippen molar-refractivity contribution in [1.29, 1.82) is 0 Å². The third-order valence-corrected chi connectivity index (χ3v) is 5.07. The average Bonchev–Trinajstić information content (AvgIpc) is 2.89. The van der Waals surface area contributed by atoms with E-state index < -0.39 is 0 Å². The van der Waals surface area contributed by atoms with Gasteiger partial charge >= 0.3 is 0 Å². The first kappa shape index (κ1) is 20.0. The van der Waals surface area contributed by atoms with Gasteiger partial charge in [-0.05, 0) is 55.2 Å². The molecule has 6 heteroatoms. The molecule has 28 heavy (non-hydrogen) atoms. The number of ether oxygens (including phenoxy) is 1. The van der Waals surface area contributed by atoms with Gasteiger partial charge in [-0.25, -0.2) is 0 Å². The molecule has 1 aliphatic heterocycles. The Balaban J connectivity index is 2.14. The number of carbonyl (C=O) groups excluding carboxylic acids is 2. The number of hydrogen-bond donors (Lipinski definition) is 1. The fraction of sp³-hybridized carbons (Fsp3) is 0.273. The maximum Gasteiger partial charge on any atom is 0.278 e. The summed E-state index contributed by atoms with van der Waals surface area (Å²) in [5.74, 6) is -0.105. The Bertz CT molecular complexity index is 982. The molecule has 2 aromatic carbocycles. The zero-order valence-corrected chi connectivity index (χ0v) is 17.2. The smallest absolute Gasteiger partial charge is 0.278 e. The van der Waals surface area contributed by atoms with Gasteiger partial charge in [0.05, 0.1) is 18.4 Å². The fourth-order valence-corrected chi connectivity index (χ4v) is 3.37. The summed E-state index contributed by atoms with van der Waals surface area (Å²) in [4.78, 5) is 27.4. The van der Waals surface area contributed by atoms with E-state index in [2.05, 4.69) is 5.32 Å². The number of amides is 2. The highest BCUT2D eigenvalue weighted by molar-refractivity contribution is 6.36. The molecular weight excluding hydrogens is 376 g/mol. The summed E-state index contributed by atoms with van der Waals surface area (Å²) in [6, 6.07) is 10.8. The largest absolute Gasteiger partial charge is 0.495 e. The van der Waals surface area contributed by atoms with Crippen molar-refractivity contribution in [1.82, 2.24) is 4.90 Å². The van der Waals surface area contributed by atoms with Gasteiger partial charge in [0.2, 0.25) is 0 Å². The van der Waals surface area contributed by atoms with Crippen LogP contribution in [0.25, 0.3) is 5.57 Å². The number of benzene rings is 2. The molecule has 0 bridgehead atoms. The zero-order chi connectivity index (χ0) is 20.4. The average molecular weight is 399 g/mol. The number of methoxy groups -OCH3 is 1. The van der Waals surface area contributed by atoms with Crippen LogP contribution in [0.4, 0.5) is 5.69 Å². The van der Waals surface area contributed by atoms with Crippen molar-refractivity contribution in [3.8, 4) is 5.75 Å². The lowest BCUT2D eigenvalue weighted by molar-refractivity contribution is -0.136. The van der Waals surface area contributed by atoms with Crippen molar-refractivity contribution in [2.45, 2.75) is 27.2 Å². The number of rotatable bonds is 6. The molecule has 146 valence electrons. The normalized spacial score (nSPS) is 14.1. The van der Waals surface area contributed by atoms with Crippen molar-refractivity contribution in [2.24, 2.45) is 0 Å². The van der Waals surface area contributed by atoms with Gasteiger partial charge in [0.1, 0.15) is 11.4 Å². The van der Waals surface area contributed by atoms with Crippen molar-refractivity contribution in [3.05, 3.63) is 63.8 Å². The highest BCUT2D eigenvalue weighted by Crippen LogP contribution is 2.35. The SMILES string of the molecule is CCCN1C(=O)C(Nc2cc(Cl)ccc2OC)=C(c2ccc(C)c(C)c2)C1=O. The third kappa shape index (κ3) is 3.62. The molecule has 1 aliphatic rings. The Kier molecular flexibility index (Phi) is 5.75. The molecule has 0 unspecified atom stereocenters. The first-order valence-corrected chi connectivity index (χ1v) is 9.53. The first-order chi connectivity index (χ1) is 13.4. The van der Waals surface area contributed by atoms with Gasteiger partial charge in [-0.2, -0.15) is 0 Å². The van der Waals surface area contributed by atoms with Crippen LogP contribution in [0, 0.1) is 13.8 Å².